The molecule has 0 unspecified atom stereocenters. The van der Waals surface area contributed by atoms with Crippen molar-refractivity contribution in [2.75, 3.05) is 32.8 Å². The molecular formula is C23H28FN5O6S. The highest BCUT2D eigenvalue weighted by Gasteiger charge is 2.44. The average molecular weight is 522 g/mol. The van der Waals surface area contributed by atoms with Crippen molar-refractivity contribution in [3.63, 3.8) is 0 Å². The van der Waals surface area contributed by atoms with Crippen LogP contribution in [0.3, 0.4) is 0 Å². The third kappa shape index (κ3) is 4.29. The standard InChI is InChI=1S/C23H28FN5O6S/c24-16-4-3-15(17(13-16)36(33,34)28-9-7-25-8-10-28)14-26-20(31)18-19(30)21(32)29-11-12-35-23(22(29)27-18)5-1-2-6-23/h3-4,13,25,30H,1-2,5-12,14H2,(H,26,31). The van der Waals surface area contributed by atoms with Crippen LogP contribution >= 0.6 is 0 Å². The number of benzene rings is 1. The molecule has 1 saturated heterocycles. The van der Waals surface area contributed by atoms with E-state index < -0.39 is 44.4 Å². The first-order chi connectivity index (χ1) is 17.2. The number of piperazine rings is 1. The van der Waals surface area contributed by atoms with Crippen molar-refractivity contribution < 1.29 is 27.4 Å². The summed E-state index contributed by atoms with van der Waals surface area (Å²) in [5, 5.41) is 16.1. The number of aromatic nitrogens is 2. The predicted octanol–water partition coefficient (Wildman–Crippen LogP) is 0.411. The fourth-order valence-corrected chi connectivity index (χ4v) is 6.84. The maximum absolute atomic E-state index is 14.0. The SMILES string of the molecule is O=C(NCc1ccc(F)cc1S(=O)(=O)N1CCNCC1)c1nc2n(c(=O)c1O)CCOC21CCCC1. The molecule has 3 aliphatic rings. The Kier molecular flexibility index (Phi) is 6.57. The number of hydrogen-bond acceptors (Lipinski definition) is 8. The van der Waals surface area contributed by atoms with Gasteiger partial charge in [0.15, 0.2) is 5.69 Å². The van der Waals surface area contributed by atoms with Gasteiger partial charge in [-0.25, -0.2) is 17.8 Å². The number of ether oxygens (including phenoxy) is 1. The Morgan fingerprint density at radius 2 is 1.94 bits per heavy atom. The van der Waals surface area contributed by atoms with Crippen LogP contribution in [-0.4, -0.2) is 66.1 Å². The molecule has 194 valence electrons. The van der Waals surface area contributed by atoms with Gasteiger partial charge in [-0.2, -0.15) is 4.31 Å². The quantitative estimate of drug-likeness (QED) is 0.514. The van der Waals surface area contributed by atoms with E-state index in [1.165, 1.54) is 14.9 Å². The first kappa shape index (κ1) is 24.8. The van der Waals surface area contributed by atoms with E-state index in [9.17, 15) is 27.5 Å². The van der Waals surface area contributed by atoms with Crippen LogP contribution in [0.4, 0.5) is 4.39 Å². The largest absolute Gasteiger partial charge is 0.501 e. The fourth-order valence-electron chi connectivity index (χ4n) is 5.17. The summed E-state index contributed by atoms with van der Waals surface area (Å²) in [5.41, 5.74) is -1.75. The van der Waals surface area contributed by atoms with Crippen LogP contribution < -0.4 is 16.2 Å². The van der Waals surface area contributed by atoms with E-state index >= 15 is 0 Å². The van der Waals surface area contributed by atoms with Gasteiger partial charge in [-0.1, -0.05) is 6.07 Å². The van der Waals surface area contributed by atoms with Crippen molar-refractivity contribution in [3.8, 4) is 5.75 Å². The maximum atomic E-state index is 14.0. The number of rotatable bonds is 5. The summed E-state index contributed by atoms with van der Waals surface area (Å²) in [5.74, 6) is -2.02. The van der Waals surface area contributed by atoms with Gasteiger partial charge in [-0.15, -0.1) is 0 Å². The third-order valence-corrected chi connectivity index (χ3v) is 9.02. The van der Waals surface area contributed by atoms with Crippen LogP contribution in [0, 0.1) is 5.82 Å². The molecule has 1 saturated carbocycles. The number of sulfonamides is 1. The van der Waals surface area contributed by atoms with Crippen molar-refractivity contribution in [3.05, 3.63) is 51.5 Å². The molecule has 0 bridgehead atoms. The Labute approximate surface area is 207 Å². The highest BCUT2D eigenvalue weighted by molar-refractivity contribution is 7.89. The molecule has 11 nitrogen and oxygen atoms in total. The zero-order chi connectivity index (χ0) is 25.5. The molecule has 0 atom stereocenters. The third-order valence-electron chi connectivity index (χ3n) is 7.03. The molecule has 2 aromatic rings. The molecular weight excluding hydrogens is 493 g/mol. The second kappa shape index (κ2) is 9.54. The van der Waals surface area contributed by atoms with Crippen LogP contribution in [-0.2, 0) is 33.5 Å². The number of carbonyl (C=O) groups is 1. The number of halogens is 1. The Morgan fingerprint density at radius 1 is 1.22 bits per heavy atom. The van der Waals surface area contributed by atoms with Crippen molar-refractivity contribution in [1.29, 1.82) is 0 Å². The molecule has 1 spiro atoms. The summed E-state index contributed by atoms with van der Waals surface area (Å²) in [4.78, 5) is 30.0. The van der Waals surface area contributed by atoms with Crippen molar-refractivity contribution >= 4 is 15.9 Å². The lowest BCUT2D eigenvalue weighted by atomic mass is 9.99. The van der Waals surface area contributed by atoms with E-state index in [2.05, 4.69) is 15.6 Å². The molecule has 5 rings (SSSR count). The summed E-state index contributed by atoms with van der Waals surface area (Å²) in [6.07, 6.45) is 3.11. The summed E-state index contributed by atoms with van der Waals surface area (Å²) < 4.78 is 49.0. The lowest BCUT2D eigenvalue weighted by Gasteiger charge is -2.35. The van der Waals surface area contributed by atoms with E-state index in [0.29, 0.717) is 38.4 Å². The van der Waals surface area contributed by atoms with Gasteiger partial charge in [0.25, 0.3) is 11.5 Å². The van der Waals surface area contributed by atoms with Crippen LogP contribution in [0.25, 0.3) is 0 Å². The highest BCUT2D eigenvalue weighted by Crippen LogP contribution is 2.43. The monoisotopic (exact) mass is 521 g/mol. The summed E-state index contributed by atoms with van der Waals surface area (Å²) in [6, 6.07) is 3.34. The van der Waals surface area contributed by atoms with Crippen LogP contribution in [0.5, 0.6) is 5.75 Å². The van der Waals surface area contributed by atoms with E-state index in [1.807, 2.05) is 0 Å². The molecule has 36 heavy (non-hydrogen) atoms. The molecule has 1 aromatic heterocycles. The lowest BCUT2D eigenvalue weighted by Crippen LogP contribution is -2.46. The summed E-state index contributed by atoms with van der Waals surface area (Å²) in [7, 11) is -4.00. The number of fused-ring (bicyclic) bond motifs is 2. The van der Waals surface area contributed by atoms with Gasteiger partial charge in [-0.3, -0.25) is 14.2 Å². The van der Waals surface area contributed by atoms with Crippen molar-refractivity contribution in [2.24, 2.45) is 0 Å². The minimum Gasteiger partial charge on any atom is -0.501 e. The molecule has 0 radical (unpaired) electrons. The summed E-state index contributed by atoms with van der Waals surface area (Å²) >= 11 is 0. The van der Waals surface area contributed by atoms with Gasteiger partial charge in [0.2, 0.25) is 15.8 Å². The predicted molar refractivity (Wildman–Crippen MR) is 125 cm³/mol. The number of nitrogens with one attached hydrogen (secondary N) is 2. The van der Waals surface area contributed by atoms with Gasteiger partial charge in [0.1, 0.15) is 17.2 Å². The minimum atomic E-state index is -4.00. The smallest absolute Gasteiger partial charge is 0.296 e. The maximum Gasteiger partial charge on any atom is 0.296 e. The van der Waals surface area contributed by atoms with Gasteiger partial charge in [0, 0.05) is 32.7 Å². The summed E-state index contributed by atoms with van der Waals surface area (Å²) in [6.45, 7) is 1.70. The van der Waals surface area contributed by atoms with Crippen LogP contribution in [0.15, 0.2) is 27.9 Å². The first-order valence-corrected chi connectivity index (χ1v) is 13.4. The molecule has 3 heterocycles. The molecule has 1 amide bonds. The van der Waals surface area contributed by atoms with Gasteiger partial charge in [0.05, 0.1) is 18.0 Å². The van der Waals surface area contributed by atoms with E-state index in [-0.39, 0.29) is 36.6 Å². The normalized spacial score (nSPS) is 19.8. The Bertz CT molecular complexity index is 1350. The lowest BCUT2D eigenvalue weighted by molar-refractivity contribution is -0.0789. The van der Waals surface area contributed by atoms with Crippen LogP contribution in [0.1, 0.15) is 47.6 Å². The first-order valence-electron chi connectivity index (χ1n) is 12.0. The van der Waals surface area contributed by atoms with Crippen LogP contribution in [0.2, 0.25) is 0 Å². The molecule has 2 fully saturated rings. The topological polar surface area (TPSA) is 143 Å². The average Bonchev–Trinajstić information content (AvgIpc) is 3.35. The minimum absolute atomic E-state index is 0.174. The molecule has 1 aromatic carbocycles. The van der Waals surface area contributed by atoms with Crippen molar-refractivity contribution in [1.82, 2.24) is 24.5 Å². The molecule has 3 N–H and O–H groups in total. The molecule has 2 aliphatic heterocycles. The number of aromatic hydroxyl groups is 1. The second-order valence-electron chi connectivity index (χ2n) is 9.23. The van der Waals surface area contributed by atoms with E-state index in [1.54, 1.807) is 0 Å². The molecule has 13 heteroatoms. The van der Waals surface area contributed by atoms with Crippen molar-refractivity contribution in [2.45, 2.75) is 49.3 Å². The van der Waals surface area contributed by atoms with E-state index in [0.717, 1.165) is 25.0 Å². The second-order valence-corrected chi connectivity index (χ2v) is 11.1. The number of amides is 1. The van der Waals surface area contributed by atoms with E-state index in [4.69, 9.17) is 4.74 Å². The molecule has 1 aliphatic carbocycles. The Morgan fingerprint density at radius 3 is 2.67 bits per heavy atom. The van der Waals surface area contributed by atoms with Gasteiger partial charge >= 0.3 is 0 Å². The zero-order valence-electron chi connectivity index (χ0n) is 19.6. The highest BCUT2D eigenvalue weighted by atomic mass is 32.2. The van der Waals surface area contributed by atoms with Gasteiger partial charge < -0.3 is 20.5 Å². The Hall–Kier alpha value is -2.87. The fraction of sp³-hybridized carbons (Fsp3) is 0.522. The number of hydrogen-bond donors (Lipinski definition) is 3. The number of nitrogens with zero attached hydrogens (tertiary/aromatic N) is 3. The zero-order valence-corrected chi connectivity index (χ0v) is 20.4. The van der Waals surface area contributed by atoms with Gasteiger partial charge in [-0.05, 0) is 43.4 Å². The Balaban J connectivity index is 1.43. The number of carbonyl (C=O) groups excluding carboxylic acids is 1.